The summed E-state index contributed by atoms with van der Waals surface area (Å²) in [6.07, 6.45) is 18.4. The molecule has 5 aromatic carbocycles. The molecular formula is C44H40N2. The molecule has 226 valence electrons. The van der Waals surface area contributed by atoms with Gasteiger partial charge in [0, 0.05) is 28.6 Å². The molecule has 2 N–H and O–H groups in total. The number of nitrogens with zero attached hydrogens (tertiary/aromatic N) is 1. The van der Waals surface area contributed by atoms with Crippen molar-refractivity contribution >= 4 is 44.2 Å². The van der Waals surface area contributed by atoms with Crippen molar-refractivity contribution in [3.05, 3.63) is 186 Å². The molecule has 0 spiro atoms. The Morgan fingerprint density at radius 3 is 2.28 bits per heavy atom. The van der Waals surface area contributed by atoms with Crippen LogP contribution in [0.4, 0.5) is 0 Å². The van der Waals surface area contributed by atoms with Crippen LogP contribution >= 0.6 is 0 Å². The highest BCUT2D eigenvalue weighted by Crippen LogP contribution is 2.34. The molecule has 6 rings (SSSR count). The van der Waals surface area contributed by atoms with E-state index in [0.29, 0.717) is 0 Å². The van der Waals surface area contributed by atoms with Crippen molar-refractivity contribution in [3.63, 3.8) is 0 Å². The zero-order chi connectivity index (χ0) is 31.9. The predicted molar refractivity (Wildman–Crippen MR) is 201 cm³/mol. The topological polar surface area (TPSA) is 30.9 Å². The number of hydrogen-bond donors (Lipinski definition) is 1. The third kappa shape index (κ3) is 6.87. The molecule has 2 heteroatoms. The van der Waals surface area contributed by atoms with Gasteiger partial charge >= 0.3 is 0 Å². The van der Waals surface area contributed by atoms with E-state index in [1.807, 2.05) is 25.2 Å². The average molecular weight is 597 g/mol. The van der Waals surface area contributed by atoms with Gasteiger partial charge < -0.3 is 10.3 Å². The number of fused-ring (bicyclic) bond motifs is 4. The standard InChI is InChI=1S/C44H40N2/c1-4-13-36(38-25-24-35-16-9-10-17-37(35)31-38)28-34-23-27-42-41-26-22-33(15-8-11-18-39(45)19-12-14-32(2)3)29-43(41)46(44(42)30-34)40-20-6-5-7-21-40/h4-14,16-18,20-31H,2,15,19,45H2,1,3H3/b11-8-,13-4-,14-12-,36-28+,39-18-. The van der Waals surface area contributed by atoms with Crippen LogP contribution in [0.15, 0.2) is 170 Å². The number of rotatable bonds is 10. The van der Waals surface area contributed by atoms with E-state index < -0.39 is 0 Å². The van der Waals surface area contributed by atoms with Crippen molar-refractivity contribution in [2.75, 3.05) is 0 Å². The van der Waals surface area contributed by atoms with Crippen LogP contribution in [0.25, 0.3) is 49.9 Å². The van der Waals surface area contributed by atoms with Crippen molar-refractivity contribution in [2.24, 2.45) is 5.73 Å². The van der Waals surface area contributed by atoms with Gasteiger partial charge in [0.1, 0.15) is 0 Å². The Hall–Kier alpha value is -5.60. The lowest BCUT2D eigenvalue weighted by atomic mass is 9.98. The highest BCUT2D eigenvalue weighted by atomic mass is 15.0. The summed E-state index contributed by atoms with van der Waals surface area (Å²) >= 11 is 0. The van der Waals surface area contributed by atoms with E-state index in [1.165, 1.54) is 54.8 Å². The van der Waals surface area contributed by atoms with Gasteiger partial charge in [-0.3, -0.25) is 0 Å². The molecule has 2 nitrogen and oxygen atoms in total. The fourth-order valence-corrected chi connectivity index (χ4v) is 5.97. The van der Waals surface area contributed by atoms with Gasteiger partial charge in [-0.2, -0.15) is 0 Å². The first-order valence-corrected chi connectivity index (χ1v) is 15.9. The minimum atomic E-state index is 0.718. The lowest BCUT2D eigenvalue weighted by Gasteiger charge is -2.09. The summed E-state index contributed by atoms with van der Waals surface area (Å²) in [6.45, 7) is 7.95. The number of para-hydroxylation sites is 1. The second kappa shape index (κ2) is 14.0. The molecule has 0 atom stereocenters. The highest BCUT2D eigenvalue weighted by molar-refractivity contribution is 6.10. The van der Waals surface area contributed by atoms with Gasteiger partial charge in [0.15, 0.2) is 0 Å². The van der Waals surface area contributed by atoms with Crippen molar-refractivity contribution in [2.45, 2.75) is 26.7 Å². The maximum absolute atomic E-state index is 6.17. The number of allylic oxidation sites excluding steroid dienone is 9. The molecule has 0 aliphatic heterocycles. The summed E-state index contributed by atoms with van der Waals surface area (Å²) in [7, 11) is 0. The van der Waals surface area contributed by atoms with Gasteiger partial charge in [0.2, 0.25) is 0 Å². The maximum atomic E-state index is 6.17. The largest absolute Gasteiger partial charge is 0.402 e. The van der Waals surface area contributed by atoms with E-state index in [4.69, 9.17) is 5.73 Å². The minimum absolute atomic E-state index is 0.718. The molecule has 0 saturated carbocycles. The van der Waals surface area contributed by atoms with Crippen LogP contribution in [0.2, 0.25) is 0 Å². The number of aromatic nitrogens is 1. The molecule has 0 aliphatic rings. The molecule has 0 radical (unpaired) electrons. The highest BCUT2D eigenvalue weighted by Gasteiger charge is 2.13. The average Bonchev–Trinajstić information content (AvgIpc) is 3.39. The second-order valence-electron chi connectivity index (χ2n) is 11.8. The number of nitrogens with two attached hydrogens (primary N) is 1. The van der Waals surface area contributed by atoms with Gasteiger partial charge in [-0.25, -0.2) is 0 Å². The molecular weight excluding hydrogens is 556 g/mol. The van der Waals surface area contributed by atoms with Gasteiger partial charge in [-0.05, 0) is 95.8 Å². The van der Waals surface area contributed by atoms with Gasteiger partial charge in [-0.15, -0.1) is 0 Å². The van der Waals surface area contributed by atoms with Gasteiger partial charge in [0.05, 0.1) is 11.0 Å². The SMILES string of the molecule is C=C(C)/C=C\C/C(N)=C/C=C\Cc1ccc2c3ccc(/C=C(\C=C/C)c4ccc5ccccc5c4)cc3n(-c3ccccc3)c2c1. The molecule has 46 heavy (non-hydrogen) atoms. The summed E-state index contributed by atoms with van der Waals surface area (Å²) in [5.74, 6) is 0. The summed E-state index contributed by atoms with van der Waals surface area (Å²) in [5.41, 5.74) is 16.4. The van der Waals surface area contributed by atoms with Crippen molar-refractivity contribution in [1.29, 1.82) is 0 Å². The second-order valence-corrected chi connectivity index (χ2v) is 11.8. The Bertz CT molecular complexity index is 2180. The van der Waals surface area contributed by atoms with Crippen molar-refractivity contribution in [1.82, 2.24) is 4.57 Å². The fraction of sp³-hybridized carbons (Fsp3) is 0.0909. The normalized spacial score (nSPS) is 12.9. The fourth-order valence-electron chi connectivity index (χ4n) is 5.97. The first-order chi connectivity index (χ1) is 22.5. The van der Waals surface area contributed by atoms with E-state index in [2.05, 4.69) is 158 Å². The number of hydrogen-bond acceptors (Lipinski definition) is 1. The monoisotopic (exact) mass is 596 g/mol. The molecule has 1 aromatic heterocycles. The first kappa shape index (κ1) is 30.4. The quantitative estimate of drug-likeness (QED) is 0.124. The van der Waals surface area contributed by atoms with Crippen LogP contribution in [-0.4, -0.2) is 4.57 Å². The summed E-state index contributed by atoms with van der Waals surface area (Å²) < 4.78 is 2.40. The Balaban J connectivity index is 1.39. The van der Waals surface area contributed by atoms with Crippen molar-refractivity contribution in [3.8, 4) is 5.69 Å². The molecule has 0 bridgehead atoms. The predicted octanol–water partition coefficient (Wildman–Crippen LogP) is 11.5. The van der Waals surface area contributed by atoms with E-state index in [9.17, 15) is 0 Å². The summed E-state index contributed by atoms with van der Waals surface area (Å²) in [5, 5.41) is 4.99. The van der Waals surface area contributed by atoms with Crippen LogP contribution in [-0.2, 0) is 6.42 Å². The Labute approximate surface area is 272 Å². The van der Waals surface area contributed by atoms with E-state index in [1.54, 1.807) is 0 Å². The summed E-state index contributed by atoms with van der Waals surface area (Å²) in [4.78, 5) is 0. The molecule has 0 unspecified atom stereocenters. The smallest absolute Gasteiger partial charge is 0.0547 e. The lowest BCUT2D eigenvalue weighted by molar-refractivity contribution is 1.16. The lowest BCUT2D eigenvalue weighted by Crippen LogP contribution is -1.94. The van der Waals surface area contributed by atoms with Crippen LogP contribution in [0.1, 0.15) is 37.0 Å². The van der Waals surface area contributed by atoms with Gasteiger partial charge in [0.25, 0.3) is 0 Å². The van der Waals surface area contributed by atoms with Crippen molar-refractivity contribution < 1.29 is 0 Å². The molecule has 1 heterocycles. The molecule has 0 aliphatic carbocycles. The van der Waals surface area contributed by atoms with E-state index in [0.717, 1.165) is 29.8 Å². The molecule has 6 aromatic rings. The van der Waals surface area contributed by atoms with Crippen LogP contribution < -0.4 is 5.73 Å². The first-order valence-electron chi connectivity index (χ1n) is 15.9. The van der Waals surface area contributed by atoms with Crippen LogP contribution in [0.5, 0.6) is 0 Å². The molecule has 0 amide bonds. The Kier molecular flexibility index (Phi) is 9.27. The van der Waals surface area contributed by atoms with Gasteiger partial charge in [-0.1, -0.05) is 127 Å². The number of benzene rings is 5. The van der Waals surface area contributed by atoms with Crippen LogP contribution in [0, 0.1) is 0 Å². The van der Waals surface area contributed by atoms with E-state index in [-0.39, 0.29) is 0 Å². The van der Waals surface area contributed by atoms with E-state index >= 15 is 0 Å². The third-order valence-electron chi connectivity index (χ3n) is 8.18. The minimum Gasteiger partial charge on any atom is -0.402 e. The Morgan fingerprint density at radius 1 is 0.761 bits per heavy atom. The zero-order valence-electron chi connectivity index (χ0n) is 26.7. The molecule has 0 saturated heterocycles. The maximum Gasteiger partial charge on any atom is 0.0547 e. The zero-order valence-corrected chi connectivity index (χ0v) is 26.7. The Morgan fingerprint density at radius 2 is 1.50 bits per heavy atom. The van der Waals surface area contributed by atoms with Crippen LogP contribution in [0.3, 0.4) is 0 Å². The third-order valence-corrected chi connectivity index (χ3v) is 8.18. The summed E-state index contributed by atoms with van der Waals surface area (Å²) in [6, 6.07) is 39.5. The molecule has 0 fully saturated rings.